The van der Waals surface area contributed by atoms with E-state index < -0.39 is 0 Å². The van der Waals surface area contributed by atoms with Crippen molar-refractivity contribution < 1.29 is 14.3 Å². The first-order valence-electron chi connectivity index (χ1n) is 11.1. The van der Waals surface area contributed by atoms with Crippen LogP contribution in [0, 0.1) is 0 Å². The Morgan fingerprint density at radius 3 is 2.40 bits per heavy atom. The summed E-state index contributed by atoms with van der Waals surface area (Å²) >= 11 is 0. The monoisotopic (exact) mass is 411 g/mol. The first-order valence-corrected chi connectivity index (χ1v) is 11.1. The van der Waals surface area contributed by atoms with Crippen LogP contribution < -0.4 is 4.74 Å². The van der Waals surface area contributed by atoms with Crippen molar-refractivity contribution >= 4 is 5.91 Å². The summed E-state index contributed by atoms with van der Waals surface area (Å²) in [4.78, 5) is 16.9. The average Bonchev–Trinajstić information content (AvgIpc) is 3.25. The number of carbonyl (C=O) groups excluding carboxylic acids is 1. The molecular weight excluding hydrogens is 382 g/mol. The molecule has 1 saturated carbocycles. The smallest absolute Gasteiger partial charge is 0.276 e. The van der Waals surface area contributed by atoms with Gasteiger partial charge >= 0.3 is 0 Å². The van der Waals surface area contributed by atoms with Crippen LogP contribution in [-0.2, 0) is 4.74 Å². The fourth-order valence-corrected chi connectivity index (χ4v) is 4.40. The number of hydrogen-bond donors (Lipinski definition) is 0. The minimum absolute atomic E-state index is 0.0993. The number of amides is 1. The Labute approximate surface area is 176 Å². The van der Waals surface area contributed by atoms with Crippen LogP contribution in [0.5, 0.6) is 5.75 Å². The standard InChI is InChI=1S/C22H29N5O3/c28-22(26-12-14-29-15-13-26)21-16-27(24-23-21)18-4-6-19(7-5-18)30-20-8-10-25(11-9-20)17-2-1-3-17/h4-7,16-17,20H,1-3,8-15H2. The van der Waals surface area contributed by atoms with Gasteiger partial charge in [-0.25, -0.2) is 4.68 Å². The second kappa shape index (κ2) is 8.73. The van der Waals surface area contributed by atoms with Crippen LogP contribution in [0.25, 0.3) is 5.69 Å². The molecule has 3 aliphatic rings. The molecule has 1 aliphatic carbocycles. The van der Waals surface area contributed by atoms with Crippen molar-refractivity contribution in [3.05, 3.63) is 36.2 Å². The number of morpholine rings is 1. The predicted octanol–water partition coefficient (Wildman–Crippen LogP) is 2.14. The minimum atomic E-state index is -0.0993. The summed E-state index contributed by atoms with van der Waals surface area (Å²) in [7, 11) is 0. The first-order chi connectivity index (χ1) is 14.8. The van der Waals surface area contributed by atoms with Gasteiger partial charge in [-0.3, -0.25) is 4.79 Å². The third kappa shape index (κ3) is 4.20. The molecule has 0 atom stereocenters. The second-order valence-electron chi connectivity index (χ2n) is 8.38. The Hall–Kier alpha value is -2.45. The minimum Gasteiger partial charge on any atom is -0.490 e. The molecule has 1 aromatic heterocycles. The number of nitrogens with zero attached hydrogens (tertiary/aromatic N) is 5. The molecule has 0 N–H and O–H groups in total. The summed E-state index contributed by atoms with van der Waals surface area (Å²) in [5.74, 6) is 0.781. The maximum atomic E-state index is 12.5. The van der Waals surface area contributed by atoms with E-state index in [0.29, 0.717) is 32.0 Å². The van der Waals surface area contributed by atoms with E-state index in [1.54, 1.807) is 15.8 Å². The number of benzene rings is 1. The lowest BCUT2D eigenvalue weighted by atomic mass is 9.90. The largest absolute Gasteiger partial charge is 0.490 e. The van der Waals surface area contributed by atoms with Crippen molar-refractivity contribution in [3.63, 3.8) is 0 Å². The molecule has 160 valence electrons. The van der Waals surface area contributed by atoms with Gasteiger partial charge in [-0.1, -0.05) is 11.6 Å². The lowest BCUT2D eigenvalue weighted by Gasteiger charge is -2.41. The molecular formula is C22H29N5O3. The van der Waals surface area contributed by atoms with E-state index in [4.69, 9.17) is 9.47 Å². The molecule has 0 bridgehead atoms. The molecule has 0 radical (unpaired) electrons. The highest BCUT2D eigenvalue weighted by atomic mass is 16.5. The Morgan fingerprint density at radius 1 is 1.00 bits per heavy atom. The highest BCUT2D eigenvalue weighted by molar-refractivity contribution is 5.92. The average molecular weight is 412 g/mol. The molecule has 1 aromatic carbocycles. The highest BCUT2D eigenvalue weighted by Gasteiger charge is 2.29. The van der Waals surface area contributed by atoms with Crippen LogP contribution in [-0.4, -0.2) is 82.2 Å². The Bertz CT molecular complexity index is 850. The summed E-state index contributed by atoms with van der Waals surface area (Å²) in [5.41, 5.74) is 1.21. The van der Waals surface area contributed by atoms with Gasteiger partial charge < -0.3 is 19.3 Å². The molecule has 0 spiro atoms. The fraction of sp³-hybridized carbons (Fsp3) is 0.591. The van der Waals surface area contributed by atoms with Crippen LogP contribution in [0.4, 0.5) is 0 Å². The maximum absolute atomic E-state index is 12.5. The van der Waals surface area contributed by atoms with Gasteiger partial charge in [0.2, 0.25) is 0 Å². The van der Waals surface area contributed by atoms with E-state index in [9.17, 15) is 4.79 Å². The van der Waals surface area contributed by atoms with Gasteiger partial charge in [-0.05, 0) is 49.9 Å². The molecule has 2 aliphatic heterocycles. The number of ether oxygens (including phenoxy) is 2. The zero-order valence-corrected chi connectivity index (χ0v) is 17.3. The van der Waals surface area contributed by atoms with Crippen molar-refractivity contribution in [1.82, 2.24) is 24.8 Å². The van der Waals surface area contributed by atoms with Gasteiger partial charge in [0.1, 0.15) is 11.9 Å². The molecule has 0 unspecified atom stereocenters. The summed E-state index contributed by atoms with van der Waals surface area (Å²) in [6, 6.07) is 8.68. The van der Waals surface area contributed by atoms with Gasteiger partial charge in [0.05, 0.1) is 25.1 Å². The molecule has 1 amide bonds. The third-order valence-corrected chi connectivity index (χ3v) is 6.48. The van der Waals surface area contributed by atoms with Crippen molar-refractivity contribution in [2.24, 2.45) is 0 Å². The summed E-state index contributed by atoms with van der Waals surface area (Å²) in [6.07, 6.45) is 8.29. The van der Waals surface area contributed by atoms with Gasteiger partial charge in [-0.2, -0.15) is 0 Å². The highest BCUT2D eigenvalue weighted by Crippen LogP contribution is 2.28. The zero-order chi connectivity index (χ0) is 20.3. The number of likely N-dealkylation sites (tertiary alicyclic amines) is 1. The predicted molar refractivity (Wildman–Crippen MR) is 111 cm³/mol. The quantitative estimate of drug-likeness (QED) is 0.751. The molecule has 2 saturated heterocycles. The van der Waals surface area contributed by atoms with Gasteiger partial charge in [0, 0.05) is 32.2 Å². The molecule has 3 heterocycles. The van der Waals surface area contributed by atoms with Crippen LogP contribution >= 0.6 is 0 Å². The second-order valence-corrected chi connectivity index (χ2v) is 8.38. The number of aromatic nitrogens is 3. The van der Waals surface area contributed by atoms with E-state index >= 15 is 0 Å². The molecule has 2 aromatic rings. The van der Waals surface area contributed by atoms with Crippen LogP contribution in [0.3, 0.4) is 0 Å². The zero-order valence-electron chi connectivity index (χ0n) is 17.3. The van der Waals surface area contributed by atoms with Gasteiger partial charge in [0.15, 0.2) is 5.69 Å². The Balaban J connectivity index is 1.16. The molecule has 3 fully saturated rings. The van der Waals surface area contributed by atoms with Crippen molar-refractivity contribution in [2.75, 3.05) is 39.4 Å². The van der Waals surface area contributed by atoms with E-state index in [1.807, 2.05) is 24.3 Å². The molecule has 8 heteroatoms. The topological polar surface area (TPSA) is 72.7 Å². The van der Waals surface area contributed by atoms with E-state index in [0.717, 1.165) is 43.4 Å². The third-order valence-electron chi connectivity index (χ3n) is 6.48. The maximum Gasteiger partial charge on any atom is 0.276 e. The SMILES string of the molecule is O=C(c1cn(-c2ccc(OC3CCN(C4CCC4)CC3)cc2)nn1)N1CCOCC1. The Kier molecular flexibility index (Phi) is 5.68. The summed E-state index contributed by atoms with van der Waals surface area (Å²) in [5, 5.41) is 8.19. The van der Waals surface area contributed by atoms with Crippen LogP contribution in [0.1, 0.15) is 42.6 Å². The fourth-order valence-electron chi connectivity index (χ4n) is 4.40. The van der Waals surface area contributed by atoms with Crippen LogP contribution in [0.15, 0.2) is 30.5 Å². The lowest BCUT2D eigenvalue weighted by Crippen LogP contribution is -2.46. The lowest BCUT2D eigenvalue weighted by molar-refractivity contribution is 0.0299. The number of carbonyl (C=O) groups is 1. The Morgan fingerprint density at radius 2 is 1.73 bits per heavy atom. The number of piperidine rings is 1. The first kappa shape index (κ1) is 19.5. The van der Waals surface area contributed by atoms with E-state index in [1.165, 1.54) is 19.3 Å². The van der Waals surface area contributed by atoms with Crippen molar-refractivity contribution in [1.29, 1.82) is 0 Å². The van der Waals surface area contributed by atoms with Crippen molar-refractivity contribution in [3.8, 4) is 11.4 Å². The van der Waals surface area contributed by atoms with Crippen molar-refractivity contribution in [2.45, 2.75) is 44.2 Å². The number of hydrogen-bond acceptors (Lipinski definition) is 6. The van der Waals surface area contributed by atoms with Gasteiger partial charge in [0.25, 0.3) is 5.91 Å². The normalized spacial score (nSPS) is 21.4. The molecule has 5 rings (SSSR count). The van der Waals surface area contributed by atoms with Gasteiger partial charge in [-0.15, -0.1) is 5.10 Å². The number of rotatable bonds is 5. The van der Waals surface area contributed by atoms with E-state index in [2.05, 4.69) is 15.2 Å². The summed E-state index contributed by atoms with van der Waals surface area (Å²) < 4.78 is 13.1. The molecule has 8 nitrogen and oxygen atoms in total. The van der Waals surface area contributed by atoms with E-state index in [-0.39, 0.29) is 12.0 Å². The molecule has 30 heavy (non-hydrogen) atoms. The summed E-state index contributed by atoms with van der Waals surface area (Å²) in [6.45, 7) is 4.62. The van der Waals surface area contributed by atoms with Crippen LogP contribution in [0.2, 0.25) is 0 Å².